The van der Waals surface area contributed by atoms with Crippen LogP contribution >= 0.6 is 0 Å². The number of rotatable bonds is 5. The van der Waals surface area contributed by atoms with Crippen molar-refractivity contribution >= 4 is 0 Å². The van der Waals surface area contributed by atoms with E-state index in [-0.39, 0.29) is 6.04 Å². The van der Waals surface area contributed by atoms with Crippen LogP contribution in [0.3, 0.4) is 0 Å². The Hall–Kier alpha value is -1.22. The van der Waals surface area contributed by atoms with Crippen LogP contribution in [-0.2, 0) is 0 Å². The second-order valence-electron chi connectivity index (χ2n) is 6.80. The number of hydrogen-bond acceptors (Lipinski definition) is 3. The summed E-state index contributed by atoms with van der Waals surface area (Å²) in [5.74, 6) is 2.36. The predicted molar refractivity (Wildman–Crippen MR) is 82.4 cm³/mol. The maximum absolute atomic E-state index is 5.55. The van der Waals surface area contributed by atoms with Gasteiger partial charge < -0.3 is 14.8 Å². The lowest BCUT2D eigenvalue weighted by Gasteiger charge is -2.22. The minimum absolute atomic E-state index is 0.269. The summed E-state index contributed by atoms with van der Waals surface area (Å²) in [6.45, 7) is 9.37. The maximum Gasteiger partial charge on any atom is 0.123 e. The van der Waals surface area contributed by atoms with Gasteiger partial charge in [-0.25, -0.2) is 0 Å². The summed E-state index contributed by atoms with van der Waals surface area (Å²) >= 11 is 0. The Labute approximate surface area is 122 Å². The van der Waals surface area contributed by atoms with Gasteiger partial charge in [0.05, 0.1) is 14.2 Å². The van der Waals surface area contributed by atoms with E-state index in [4.69, 9.17) is 9.47 Å². The van der Waals surface area contributed by atoms with E-state index >= 15 is 0 Å². The normalized spacial score (nSPS) is 21.4. The van der Waals surface area contributed by atoms with Crippen molar-refractivity contribution in [2.75, 3.05) is 21.3 Å². The summed E-state index contributed by atoms with van der Waals surface area (Å²) in [5, 5.41) is 3.48. The Morgan fingerprint density at radius 1 is 1.05 bits per heavy atom. The molecular weight excluding hydrogens is 250 g/mol. The molecule has 0 bridgehead atoms. The van der Waals surface area contributed by atoms with Gasteiger partial charge in [0.2, 0.25) is 0 Å². The third-order valence-corrected chi connectivity index (χ3v) is 5.55. The first-order valence-electron chi connectivity index (χ1n) is 7.20. The van der Waals surface area contributed by atoms with Crippen molar-refractivity contribution < 1.29 is 9.47 Å². The van der Waals surface area contributed by atoms with Gasteiger partial charge in [-0.15, -0.1) is 0 Å². The highest BCUT2D eigenvalue weighted by atomic mass is 16.5. The van der Waals surface area contributed by atoms with Gasteiger partial charge in [-0.1, -0.05) is 27.7 Å². The topological polar surface area (TPSA) is 30.5 Å². The summed E-state index contributed by atoms with van der Waals surface area (Å²) < 4.78 is 10.9. The highest BCUT2D eigenvalue weighted by Gasteiger charge is 2.67. The smallest absolute Gasteiger partial charge is 0.123 e. The van der Waals surface area contributed by atoms with Crippen LogP contribution in [-0.4, -0.2) is 21.3 Å². The standard InChI is InChI=1S/C17H27NO2/c1-16(2)15(17(16,3)4)14(18-5)12-10-11(19-6)8-9-13(12)20-7/h8-10,14-15,18H,1-7H3. The largest absolute Gasteiger partial charge is 0.497 e. The van der Waals surface area contributed by atoms with E-state index in [2.05, 4.69) is 39.1 Å². The minimum Gasteiger partial charge on any atom is -0.497 e. The Morgan fingerprint density at radius 3 is 2.05 bits per heavy atom. The summed E-state index contributed by atoms with van der Waals surface area (Å²) in [6.07, 6.45) is 0. The molecule has 3 heteroatoms. The highest BCUT2D eigenvalue weighted by Crippen LogP contribution is 2.72. The fourth-order valence-electron chi connectivity index (χ4n) is 3.66. The summed E-state index contributed by atoms with van der Waals surface area (Å²) in [4.78, 5) is 0. The molecule has 1 atom stereocenters. The van der Waals surface area contributed by atoms with Crippen molar-refractivity contribution in [2.45, 2.75) is 33.7 Å². The lowest BCUT2D eigenvalue weighted by Crippen LogP contribution is -2.22. The van der Waals surface area contributed by atoms with Crippen LogP contribution in [0.25, 0.3) is 0 Å². The fourth-order valence-corrected chi connectivity index (χ4v) is 3.66. The first-order chi connectivity index (χ1) is 9.31. The molecule has 3 nitrogen and oxygen atoms in total. The third kappa shape index (κ3) is 2.08. The Bertz CT molecular complexity index is 480. The zero-order valence-corrected chi connectivity index (χ0v) is 13.7. The van der Waals surface area contributed by atoms with E-state index in [9.17, 15) is 0 Å². The van der Waals surface area contributed by atoms with Crippen LogP contribution in [0, 0.1) is 16.7 Å². The van der Waals surface area contributed by atoms with Crippen molar-refractivity contribution in [3.05, 3.63) is 23.8 Å². The highest BCUT2D eigenvalue weighted by molar-refractivity contribution is 5.44. The monoisotopic (exact) mass is 277 g/mol. The molecule has 0 heterocycles. The van der Waals surface area contributed by atoms with Gasteiger partial charge in [0.15, 0.2) is 0 Å². The molecule has 0 aromatic heterocycles. The molecule has 2 rings (SSSR count). The van der Waals surface area contributed by atoms with E-state index in [0.717, 1.165) is 11.5 Å². The zero-order chi connectivity index (χ0) is 15.1. The van der Waals surface area contributed by atoms with Gasteiger partial charge >= 0.3 is 0 Å². The molecule has 1 aliphatic rings. The van der Waals surface area contributed by atoms with Crippen LogP contribution in [0.4, 0.5) is 0 Å². The first kappa shape index (κ1) is 15.2. The van der Waals surface area contributed by atoms with Crippen molar-refractivity contribution in [1.29, 1.82) is 0 Å². The molecule has 0 spiro atoms. The second kappa shape index (κ2) is 4.96. The molecule has 0 aliphatic heterocycles. The van der Waals surface area contributed by atoms with Crippen LogP contribution in [0.2, 0.25) is 0 Å². The minimum atomic E-state index is 0.269. The summed E-state index contributed by atoms with van der Waals surface area (Å²) in [5.41, 5.74) is 1.81. The maximum atomic E-state index is 5.55. The molecule has 1 aliphatic carbocycles. The molecule has 1 aromatic carbocycles. The van der Waals surface area contributed by atoms with Gasteiger partial charge in [0.25, 0.3) is 0 Å². The van der Waals surface area contributed by atoms with Gasteiger partial charge in [0.1, 0.15) is 11.5 Å². The number of ether oxygens (including phenoxy) is 2. The fraction of sp³-hybridized carbons (Fsp3) is 0.647. The van der Waals surface area contributed by atoms with Crippen LogP contribution < -0.4 is 14.8 Å². The number of nitrogens with one attached hydrogen (secondary N) is 1. The average molecular weight is 277 g/mol. The van der Waals surface area contributed by atoms with Gasteiger partial charge in [-0.05, 0) is 42.0 Å². The summed E-state index contributed by atoms with van der Waals surface area (Å²) in [7, 11) is 5.44. The quantitative estimate of drug-likeness (QED) is 0.891. The molecular formula is C17H27NO2. The molecule has 1 N–H and O–H groups in total. The van der Waals surface area contributed by atoms with E-state index in [0.29, 0.717) is 16.7 Å². The molecule has 1 fully saturated rings. The van der Waals surface area contributed by atoms with Crippen molar-refractivity contribution in [3.63, 3.8) is 0 Å². The van der Waals surface area contributed by atoms with Crippen molar-refractivity contribution in [3.8, 4) is 11.5 Å². The Morgan fingerprint density at radius 2 is 1.65 bits per heavy atom. The van der Waals surface area contributed by atoms with E-state index in [1.807, 2.05) is 19.2 Å². The van der Waals surface area contributed by atoms with E-state index in [1.54, 1.807) is 14.2 Å². The lowest BCUT2D eigenvalue weighted by molar-refractivity contribution is 0.374. The van der Waals surface area contributed by atoms with E-state index < -0.39 is 0 Å². The lowest BCUT2D eigenvalue weighted by atomic mass is 9.95. The number of benzene rings is 1. The van der Waals surface area contributed by atoms with Crippen LogP contribution in [0.5, 0.6) is 11.5 Å². The third-order valence-electron chi connectivity index (χ3n) is 5.55. The predicted octanol–water partition coefficient (Wildman–Crippen LogP) is 3.65. The van der Waals surface area contributed by atoms with Crippen molar-refractivity contribution in [1.82, 2.24) is 5.32 Å². The molecule has 0 radical (unpaired) electrons. The molecule has 112 valence electrons. The average Bonchev–Trinajstić information content (AvgIpc) is 2.82. The Balaban J connectivity index is 2.43. The number of methoxy groups -OCH3 is 2. The van der Waals surface area contributed by atoms with Gasteiger partial charge in [-0.3, -0.25) is 0 Å². The van der Waals surface area contributed by atoms with Gasteiger partial charge in [0, 0.05) is 11.6 Å². The second-order valence-corrected chi connectivity index (χ2v) is 6.80. The molecule has 0 saturated heterocycles. The summed E-state index contributed by atoms with van der Waals surface area (Å²) in [6, 6.07) is 6.29. The zero-order valence-electron chi connectivity index (χ0n) is 13.7. The Kier molecular flexibility index (Phi) is 3.76. The molecule has 0 amide bonds. The molecule has 1 aromatic rings. The molecule has 1 saturated carbocycles. The van der Waals surface area contributed by atoms with Gasteiger partial charge in [-0.2, -0.15) is 0 Å². The van der Waals surface area contributed by atoms with Crippen molar-refractivity contribution in [2.24, 2.45) is 16.7 Å². The van der Waals surface area contributed by atoms with E-state index in [1.165, 1.54) is 5.56 Å². The van der Waals surface area contributed by atoms with Crippen LogP contribution in [0.1, 0.15) is 39.3 Å². The van der Waals surface area contributed by atoms with Crippen LogP contribution in [0.15, 0.2) is 18.2 Å². The number of hydrogen-bond donors (Lipinski definition) is 1. The SMILES string of the molecule is CNC(c1cc(OC)ccc1OC)C1C(C)(C)C1(C)C. The molecule has 20 heavy (non-hydrogen) atoms. The first-order valence-corrected chi connectivity index (χ1v) is 7.20. The molecule has 1 unspecified atom stereocenters.